The second kappa shape index (κ2) is 10.4. The van der Waals surface area contributed by atoms with Crippen LogP contribution in [0.25, 0.3) is 0 Å². The first-order valence-corrected chi connectivity index (χ1v) is 7.50. The van der Waals surface area contributed by atoms with Gasteiger partial charge in [-0.25, -0.2) is 0 Å². The molecule has 0 unspecified atom stereocenters. The molecule has 0 amide bonds. The fourth-order valence-corrected chi connectivity index (χ4v) is 3.23. The van der Waals surface area contributed by atoms with E-state index in [9.17, 15) is 0 Å². The molecule has 0 spiro atoms. The van der Waals surface area contributed by atoms with Crippen LogP contribution in [0, 0.1) is 0 Å². The molecular weight excluding hydrogens is 200 g/mol. The van der Waals surface area contributed by atoms with Crippen molar-refractivity contribution in [1.29, 1.82) is 0 Å². The zero-order chi connectivity index (χ0) is 7.66. The van der Waals surface area contributed by atoms with Crippen LogP contribution >= 0.6 is 47.9 Å². The van der Waals surface area contributed by atoms with E-state index in [1.807, 2.05) is 35.3 Å². The number of rotatable bonds is 7. The molecule has 10 heavy (non-hydrogen) atoms. The highest BCUT2D eigenvalue weighted by Gasteiger charge is 1.87. The van der Waals surface area contributed by atoms with Crippen molar-refractivity contribution in [2.75, 3.05) is 34.4 Å². The Morgan fingerprint density at radius 2 is 1.60 bits per heavy atom. The van der Waals surface area contributed by atoms with E-state index in [0.717, 1.165) is 5.08 Å². The molecule has 0 saturated heterocycles. The lowest BCUT2D eigenvalue weighted by molar-refractivity contribution is 1.49. The summed E-state index contributed by atoms with van der Waals surface area (Å²) in [4.78, 5) is 0. The molecule has 0 aliphatic carbocycles. The maximum atomic E-state index is 4.11. The van der Waals surface area contributed by atoms with Gasteiger partial charge in [0.25, 0.3) is 0 Å². The zero-order valence-corrected chi connectivity index (χ0v) is 9.55. The van der Waals surface area contributed by atoms with Gasteiger partial charge in [-0.05, 0) is 6.26 Å². The first-order chi connectivity index (χ1) is 4.91. The Morgan fingerprint density at radius 3 is 2.20 bits per heavy atom. The van der Waals surface area contributed by atoms with Gasteiger partial charge in [0, 0.05) is 28.1 Å². The van der Waals surface area contributed by atoms with E-state index >= 15 is 0 Å². The summed E-state index contributed by atoms with van der Waals surface area (Å²) in [6, 6.07) is 0. The van der Waals surface area contributed by atoms with Crippen molar-refractivity contribution in [3.8, 4) is 0 Å². The monoisotopic (exact) mass is 214 g/mol. The van der Waals surface area contributed by atoms with Gasteiger partial charge in [0.15, 0.2) is 0 Å². The van der Waals surface area contributed by atoms with Gasteiger partial charge in [0.05, 0.1) is 0 Å². The Kier molecular flexibility index (Phi) is 11.9. The third kappa shape index (κ3) is 9.40. The van der Waals surface area contributed by atoms with E-state index in [4.69, 9.17) is 0 Å². The molecule has 0 aromatic heterocycles. The first-order valence-electron chi connectivity index (χ1n) is 3.17. The van der Waals surface area contributed by atoms with Crippen molar-refractivity contribution in [3.05, 3.63) is 0 Å². The van der Waals surface area contributed by atoms with E-state index < -0.39 is 0 Å². The Morgan fingerprint density at radius 1 is 1.00 bits per heavy atom. The van der Waals surface area contributed by atoms with Crippen LogP contribution in [0.15, 0.2) is 0 Å². The van der Waals surface area contributed by atoms with Crippen LogP contribution in [0.2, 0.25) is 0 Å². The molecule has 0 heterocycles. The van der Waals surface area contributed by atoms with Crippen molar-refractivity contribution in [1.82, 2.24) is 0 Å². The Bertz CT molecular complexity index is 49.7. The van der Waals surface area contributed by atoms with E-state index in [0.29, 0.717) is 0 Å². The summed E-state index contributed by atoms with van der Waals surface area (Å²) >= 11 is 9.98. The number of thioether (sulfide) groups is 3. The van der Waals surface area contributed by atoms with Crippen molar-refractivity contribution in [3.63, 3.8) is 0 Å². The molecular formula is C6H14S4. The Labute approximate surface area is 82.1 Å². The van der Waals surface area contributed by atoms with E-state index in [-0.39, 0.29) is 0 Å². The van der Waals surface area contributed by atoms with E-state index in [1.165, 1.54) is 23.0 Å². The van der Waals surface area contributed by atoms with Gasteiger partial charge in [0.1, 0.15) is 0 Å². The smallest absolute Gasteiger partial charge is 0.0362 e. The topological polar surface area (TPSA) is 0 Å². The van der Waals surface area contributed by atoms with Gasteiger partial charge in [-0.15, -0.1) is 0 Å². The number of thiol groups is 1. The molecule has 0 radical (unpaired) electrons. The molecule has 4 heteroatoms. The molecule has 0 nitrogen and oxygen atoms in total. The van der Waals surface area contributed by atoms with Crippen LogP contribution in [0.5, 0.6) is 0 Å². The van der Waals surface area contributed by atoms with Gasteiger partial charge in [-0.3, -0.25) is 0 Å². The molecule has 0 N–H and O–H groups in total. The number of hydrogen-bond donors (Lipinski definition) is 1. The third-order valence-corrected chi connectivity index (χ3v) is 4.23. The van der Waals surface area contributed by atoms with Crippen LogP contribution in [0.1, 0.15) is 0 Å². The number of hydrogen-bond acceptors (Lipinski definition) is 4. The highest BCUT2D eigenvalue weighted by Crippen LogP contribution is 2.08. The molecule has 0 aromatic rings. The predicted octanol–water partition coefficient (Wildman–Crippen LogP) is 2.70. The summed E-state index contributed by atoms with van der Waals surface area (Å²) < 4.78 is 0. The second-order valence-electron chi connectivity index (χ2n) is 1.64. The van der Waals surface area contributed by atoms with Crippen molar-refractivity contribution < 1.29 is 0 Å². The fourth-order valence-electron chi connectivity index (χ4n) is 0.427. The largest absolute Gasteiger partial charge is 0.168 e. The highest BCUT2D eigenvalue weighted by atomic mass is 32.2. The second-order valence-corrected chi connectivity index (χ2v) is 5.70. The Hall–Kier alpha value is 1.40. The molecule has 0 aliphatic heterocycles. The van der Waals surface area contributed by atoms with Crippen molar-refractivity contribution >= 4 is 47.9 Å². The molecule has 0 atom stereocenters. The van der Waals surface area contributed by atoms with Crippen LogP contribution in [0.3, 0.4) is 0 Å². The minimum Gasteiger partial charge on any atom is -0.168 e. The maximum absolute atomic E-state index is 4.11. The fraction of sp³-hybridized carbons (Fsp3) is 1.00. The van der Waals surface area contributed by atoms with E-state index in [1.54, 1.807) is 0 Å². The normalized spacial score (nSPS) is 10.2. The molecule has 62 valence electrons. The molecule has 0 bridgehead atoms. The average Bonchev–Trinajstić information content (AvgIpc) is 1.97. The SMILES string of the molecule is CSCCSCCSCS. The van der Waals surface area contributed by atoms with Crippen molar-refractivity contribution in [2.45, 2.75) is 0 Å². The van der Waals surface area contributed by atoms with Gasteiger partial charge in [-0.1, -0.05) is 0 Å². The van der Waals surface area contributed by atoms with Gasteiger partial charge in [-0.2, -0.15) is 47.9 Å². The lowest BCUT2D eigenvalue weighted by Crippen LogP contribution is -1.88. The van der Waals surface area contributed by atoms with Crippen LogP contribution in [-0.2, 0) is 0 Å². The van der Waals surface area contributed by atoms with Gasteiger partial charge < -0.3 is 0 Å². The molecule has 0 aromatic carbocycles. The Balaban J connectivity index is 2.65. The molecule has 0 saturated carbocycles. The predicted molar refractivity (Wildman–Crippen MR) is 62.0 cm³/mol. The molecule has 0 rings (SSSR count). The van der Waals surface area contributed by atoms with Crippen LogP contribution in [-0.4, -0.2) is 34.4 Å². The zero-order valence-electron chi connectivity index (χ0n) is 6.21. The third-order valence-electron chi connectivity index (χ3n) is 0.895. The van der Waals surface area contributed by atoms with Crippen LogP contribution < -0.4 is 0 Å². The quantitative estimate of drug-likeness (QED) is 0.393. The lowest BCUT2D eigenvalue weighted by Gasteiger charge is -1.97. The minimum absolute atomic E-state index is 0.961. The summed E-state index contributed by atoms with van der Waals surface area (Å²) in [6.07, 6.45) is 2.16. The maximum Gasteiger partial charge on any atom is 0.0362 e. The standard InChI is InChI=1S/C6H14S4/c1-8-2-3-9-4-5-10-6-7/h7H,2-6H2,1H3. The van der Waals surface area contributed by atoms with E-state index in [2.05, 4.69) is 18.9 Å². The first kappa shape index (κ1) is 11.4. The summed E-state index contributed by atoms with van der Waals surface area (Å²) in [6.45, 7) is 0. The molecule has 0 fully saturated rings. The summed E-state index contributed by atoms with van der Waals surface area (Å²) in [5.74, 6) is 5.12. The highest BCUT2D eigenvalue weighted by molar-refractivity contribution is 8.10. The molecule has 0 aliphatic rings. The van der Waals surface area contributed by atoms with Gasteiger partial charge in [0.2, 0.25) is 0 Å². The minimum atomic E-state index is 0.961. The summed E-state index contributed by atoms with van der Waals surface area (Å²) in [5.41, 5.74) is 0. The van der Waals surface area contributed by atoms with Crippen molar-refractivity contribution in [2.24, 2.45) is 0 Å². The van der Waals surface area contributed by atoms with Crippen LogP contribution in [0.4, 0.5) is 0 Å². The van der Waals surface area contributed by atoms with Gasteiger partial charge >= 0.3 is 0 Å². The summed E-state index contributed by atoms with van der Waals surface area (Å²) in [7, 11) is 0. The summed E-state index contributed by atoms with van der Waals surface area (Å²) in [5, 5.41) is 0.961. The lowest BCUT2D eigenvalue weighted by atomic mass is 10.9. The average molecular weight is 214 g/mol.